The fourth-order valence-electron chi connectivity index (χ4n) is 3.34. The first-order valence-corrected chi connectivity index (χ1v) is 11.1. The van der Waals surface area contributed by atoms with Gasteiger partial charge in [-0.3, -0.25) is 14.5 Å². The van der Waals surface area contributed by atoms with Crippen molar-refractivity contribution in [2.24, 2.45) is 5.73 Å². The van der Waals surface area contributed by atoms with Gasteiger partial charge in [-0.2, -0.15) is 0 Å². The molecule has 0 spiro atoms. The Labute approximate surface area is 170 Å². The van der Waals surface area contributed by atoms with E-state index in [-0.39, 0.29) is 29.7 Å². The number of fused-ring (bicyclic) bond motifs is 1. The Kier molecular flexibility index (Phi) is 6.96. The van der Waals surface area contributed by atoms with E-state index >= 15 is 0 Å². The van der Waals surface area contributed by atoms with Crippen molar-refractivity contribution in [3.63, 3.8) is 0 Å². The van der Waals surface area contributed by atoms with Crippen molar-refractivity contribution >= 4 is 32.5 Å². The number of benzene rings is 2. The van der Waals surface area contributed by atoms with Crippen LogP contribution in [0.3, 0.4) is 0 Å². The van der Waals surface area contributed by atoms with Gasteiger partial charge in [-0.15, -0.1) is 0 Å². The monoisotopic (exact) mass is 418 g/mol. The highest BCUT2D eigenvalue weighted by atomic mass is 32.2. The number of carbonyl (C=O) groups excluding carboxylic acids is 2. The second kappa shape index (κ2) is 9.45. The predicted octanol–water partition coefficient (Wildman–Crippen LogP) is 0.180. The first kappa shape index (κ1) is 21.4. The number of piperazine rings is 1. The number of sulfonamides is 1. The van der Waals surface area contributed by atoms with Gasteiger partial charge >= 0.3 is 0 Å². The van der Waals surface area contributed by atoms with Gasteiger partial charge in [0, 0.05) is 39.1 Å². The zero-order valence-electron chi connectivity index (χ0n) is 16.2. The zero-order valence-corrected chi connectivity index (χ0v) is 17.0. The average Bonchev–Trinajstić information content (AvgIpc) is 2.73. The van der Waals surface area contributed by atoms with Crippen molar-refractivity contribution in [2.75, 3.05) is 45.8 Å². The van der Waals surface area contributed by atoms with E-state index in [9.17, 15) is 18.0 Å². The molecule has 1 aliphatic rings. The first-order chi connectivity index (χ1) is 13.9. The third-order valence-electron chi connectivity index (χ3n) is 4.97. The summed E-state index contributed by atoms with van der Waals surface area (Å²) in [4.78, 5) is 27.9. The molecule has 2 aromatic rings. The third-order valence-corrected chi connectivity index (χ3v) is 6.37. The van der Waals surface area contributed by atoms with Crippen molar-refractivity contribution in [2.45, 2.75) is 11.3 Å². The Morgan fingerprint density at radius 1 is 1.00 bits per heavy atom. The summed E-state index contributed by atoms with van der Waals surface area (Å²) in [5.41, 5.74) is 5.41. The summed E-state index contributed by atoms with van der Waals surface area (Å²) >= 11 is 0. The normalized spacial score (nSPS) is 15.6. The second-order valence-electron chi connectivity index (χ2n) is 7.07. The van der Waals surface area contributed by atoms with Crippen LogP contribution in [0.1, 0.15) is 6.42 Å². The van der Waals surface area contributed by atoms with E-state index in [0.717, 1.165) is 10.8 Å². The van der Waals surface area contributed by atoms with Crippen molar-refractivity contribution < 1.29 is 18.0 Å². The van der Waals surface area contributed by atoms with Gasteiger partial charge in [-0.25, -0.2) is 13.1 Å². The summed E-state index contributed by atoms with van der Waals surface area (Å²) < 4.78 is 27.4. The maximum Gasteiger partial charge on any atom is 0.240 e. The molecular formula is C20H26N4O4S. The Bertz CT molecular complexity index is 985. The van der Waals surface area contributed by atoms with Crippen LogP contribution in [0.4, 0.5) is 0 Å². The number of ketones is 1. The Morgan fingerprint density at radius 2 is 1.69 bits per heavy atom. The quantitative estimate of drug-likeness (QED) is 0.632. The number of rotatable bonds is 8. The zero-order chi connectivity index (χ0) is 20.9. The summed E-state index contributed by atoms with van der Waals surface area (Å²) in [5, 5.41) is 1.77. The van der Waals surface area contributed by atoms with Crippen LogP contribution in [0, 0.1) is 0 Å². The van der Waals surface area contributed by atoms with Crippen molar-refractivity contribution in [3.05, 3.63) is 42.5 Å². The molecule has 9 heteroatoms. The molecule has 1 fully saturated rings. The minimum absolute atomic E-state index is 0.0293. The van der Waals surface area contributed by atoms with Gasteiger partial charge in [0.05, 0.1) is 18.0 Å². The summed E-state index contributed by atoms with van der Waals surface area (Å²) in [5.74, 6) is -0.183. The largest absolute Gasteiger partial charge is 0.340 e. The number of Topliss-reactive ketones (excluding diaryl/α,β-unsaturated/α-hetero) is 1. The number of carbonyl (C=O) groups is 2. The molecule has 0 aliphatic carbocycles. The molecule has 3 rings (SSSR count). The number of hydrogen-bond acceptors (Lipinski definition) is 6. The lowest BCUT2D eigenvalue weighted by atomic mass is 10.1. The van der Waals surface area contributed by atoms with Gasteiger partial charge < -0.3 is 10.6 Å². The molecule has 0 unspecified atom stereocenters. The number of amides is 1. The maximum atomic E-state index is 12.5. The standard InChI is InChI=1S/C20H26N4O4S/c21-8-7-20(26)24-11-9-23(10-12-24)15-18(25)14-22-29(27,28)19-6-5-16-3-1-2-4-17(16)13-19/h1-6,13,22H,7-12,14-15,21H2. The maximum absolute atomic E-state index is 12.5. The molecule has 1 saturated heterocycles. The highest BCUT2D eigenvalue weighted by molar-refractivity contribution is 7.89. The number of nitrogens with one attached hydrogen (secondary N) is 1. The molecule has 0 saturated carbocycles. The molecule has 1 heterocycles. The number of nitrogens with zero attached hydrogens (tertiary/aromatic N) is 2. The molecule has 1 aliphatic heterocycles. The van der Waals surface area contributed by atoms with E-state index in [4.69, 9.17) is 5.73 Å². The lowest BCUT2D eigenvalue weighted by Crippen LogP contribution is -2.50. The van der Waals surface area contributed by atoms with Crippen LogP contribution in [0.15, 0.2) is 47.4 Å². The highest BCUT2D eigenvalue weighted by Crippen LogP contribution is 2.18. The van der Waals surface area contributed by atoms with E-state index in [1.807, 2.05) is 29.2 Å². The van der Waals surface area contributed by atoms with E-state index in [0.29, 0.717) is 39.1 Å². The predicted molar refractivity (Wildman–Crippen MR) is 111 cm³/mol. The Balaban J connectivity index is 1.50. The van der Waals surface area contributed by atoms with Gasteiger partial charge in [0.2, 0.25) is 15.9 Å². The Morgan fingerprint density at radius 3 is 2.38 bits per heavy atom. The smallest absolute Gasteiger partial charge is 0.240 e. The van der Waals surface area contributed by atoms with Crippen molar-refractivity contribution in [3.8, 4) is 0 Å². The van der Waals surface area contributed by atoms with Gasteiger partial charge in [0.15, 0.2) is 5.78 Å². The average molecular weight is 419 g/mol. The lowest BCUT2D eigenvalue weighted by molar-refractivity contribution is -0.132. The van der Waals surface area contributed by atoms with Crippen LogP contribution in [0.5, 0.6) is 0 Å². The fraction of sp³-hybridized carbons (Fsp3) is 0.400. The summed E-state index contributed by atoms with van der Waals surface area (Å²) in [6.07, 6.45) is 0.329. The first-order valence-electron chi connectivity index (χ1n) is 9.59. The van der Waals surface area contributed by atoms with Gasteiger partial charge in [-0.1, -0.05) is 30.3 Å². The molecule has 0 radical (unpaired) electrons. The molecule has 1 amide bonds. The van der Waals surface area contributed by atoms with E-state index < -0.39 is 10.0 Å². The van der Waals surface area contributed by atoms with Crippen LogP contribution >= 0.6 is 0 Å². The van der Waals surface area contributed by atoms with Crippen LogP contribution < -0.4 is 10.5 Å². The van der Waals surface area contributed by atoms with Crippen molar-refractivity contribution in [1.82, 2.24) is 14.5 Å². The molecule has 3 N–H and O–H groups in total. The van der Waals surface area contributed by atoms with E-state index in [1.165, 1.54) is 6.07 Å². The van der Waals surface area contributed by atoms with Crippen molar-refractivity contribution in [1.29, 1.82) is 0 Å². The summed E-state index contributed by atoms with van der Waals surface area (Å²) in [7, 11) is -3.77. The molecule has 0 bridgehead atoms. The molecular weight excluding hydrogens is 392 g/mol. The SMILES string of the molecule is NCCC(=O)N1CCN(CC(=O)CNS(=O)(=O)c2ccc3ccccc3c2)CC1. The van der Waals surface area contributed by atoms with Gasteiger partial charge in [-0.05, 0) is 22.9 Å². The molecule has 0 atom stereocenters. The van der Waals surface area contributed by atoms with Gasteiger partial charge in [0.25, 0.3) is 0 Å². The highest BCUT2D eigenvalue weighted by Gasteiger charge is 2.23. The van der Waals surface area contributed by atoms with Crippen LogP contribution in [-0.2, 0) is 19.6 Å². The molecule has 29 heavy (non-hydrogen) atoms. The number of nitrogens with two attached hydrogens (primary N) is 1. The van der Waals surface area contributed by atoms with Crippen LogP contribution in [0.25, 0.3) is 10.8 Å². The Hall–Kier alpha value is -2.33. The molecule has 156 valence electrons. The fourth-order valence-corrected chi connectivity index (χ4v) is 4.38. The number of hydrogen-bond donors (Lipinski definition) is 2. The second-order valence-corrected chi connectivity index (χ2v) is 8.83. The summed E-state index contributed by atoms with van der Waals surface area (Å²) in [6, 6.07) is 12.4. The van der Waals surface area contributed by atoms with Crippen LogP contribution in [-0.4, -0.2) is 75.7 Å². The third kappa shape index (κ3) is 5.60. The van der Waals surface area contributed by atoms with E-state index in [2.05, 4.69) is 4.72 Å². The van der Waals surface area contributed by atoms with Crippen LogP contribution in [0.2, 0.25) is 0 Å². The van der Waals surface area contributed by atoms with Gasteiger partial charge in [0.1, 0.15) is 0 Å². The minimum Gasteiger partial charge on any atom is -0.340 e. The lowest BCUT2D eigenvalue weighted by Gasteiger charge is -2.34. The topological polar surface area (TPSA) is 113 Å². The molecule has 2 aromatic carbocycles. The summed E-state index contributed by atoms with van der Waals surface area (Å²) in [6.45, 7) is 2.48. The molecule has 0 aromatic heterocycles. The minimum atomic E-state index is -3.77. The van der Waals surface area contributed by atoms with E-state index in [1.54, 1.807) is 17.0 Å². The molecule has 8 nitrogen and oxygen atoms in total.